The summed E-state index contributed by atoms with van der Waals surface area (Å²) in [5.74, 6) is 1.01. The molecule has 0 saturated carbocycles. The summed E-state index contributed by atoms with van der Waals surface area (Å²) in [5.41, 5.74) is -0.0278. The minimum Gasteiger partial charge on any atom is -0.357 e. The number of nitrogens with one attached hydrogen (secondary N) is 2. The zero-order valence-electron chi connectivity index (χ0n) is 13.2. The lowest BCUT2D eigenvalue weighted by Gasteiger charge is -2.23. The lowest BCUT2D eigenvalue weighted by molar-refractivity contribution is -0.129. The SMILES string of the molecule is CCNC(=NCCC(=O)N1CCCC1)NC(C)(C)C.I. The Morgan fingerprint density at radius 1 is 1.25 bits per heavy atom. The Kier molecular flexibility index (Phi) is 9.16. The maximum absolute atomic E-state index is 11.9. The minimum atomic E-state index is -0.0278. The van der Waals surface area contributed by atoms with Crippen molar-refractivity contribution in [2.45, 2.75) is 52.5 Å². The van der Waals surface area contributed by atoms with Crippen LogP contribution in [0.3, 0.4) is 0 Å². The smallest absolute Gasteiger partial charge is 0.224 e. The van der Waals surface area contributed by atoms with Crippen molar-refractivity contribution in [3.8, 4) is 0 Å². The molecule has 1 fully saturated rings. The predicted octanol–water partition coefficient (Wildman–Crippen LogP) is 1.97. The minimum absolute atomic E-state index is 0. The fourth-order valence-corrected chi connectivity index (χ4v) is 2.05. The zero-order valence-corrected chi connectivity index (χ0v) is 15.5. The number of hydrogen-bond donors (Lipinski definition) is 2. The molecule has 1 saturated heterocycles. The number of guanidine groups is 1. The van der Waals surface area contributed by atoms with Crippen LogP contribution in [0.2, 0.25) is 0 Å². The van der Waals surface area contributed by atoms with Gasteiger partial charge < -0.3 is 15.5 Å². The van der Waals surface area contributed by atoms with Crippen LogP contribution in [-0.4, -0.2) is 48.5 Å². The third-order valence-electron chi connectivity index (χ3n) is 2.89. The van der Waals surface area contributed by atoms with Crippen LogP contribution < -0.4 is 10.6 Å². The Morgan fingerprint density at radius 3 is 2.35 bits per heavy atom. The van der Waals surface area contributed by atoms with Gasteiger partial charge in [0.25, 0.3) is 0 Å². The number of amides is 1. The lowest BCUT2D eigenvalue weighted by Crippen LogP contribution is -2.47. The number of nitrogens with zero attached hydrogens (tertiary/aromatic N) is 2. The average molecular weight is 396 g/mol. The summed E-state index contributed by atoms with van der Waals surface area (Å²) in [4.78, 5) is 18.3. The second kappa shape index (κ2) is 9.41. The normalized spacial score (nSPS) is 15.8. The highest BCUT2D eigenvalue weighted by Gasteiger charge is 2.17. The van der Waals surface area contributed by atoms with E-state index in [-0.39, 0.29) is 35.4 Å². The topological polar surface area (TPSA) is 56.7 Å². The number of likely N-dealkylation sites (tertiary alicyclic amines) is 1. The van der Waals surface area contributed by atoms with Gasteiger partial charge in [0.05, 0.1) is 6.54 Å². The van der Waals surface area contributed by atoms with Crippen molar-refractivity contribution in [2.75, 3.05) is 26.2 Å². The molecule has 0 radical (unpaired) electrons. The Bertz CT molecular complexity index is 320. The standard InChI is InChI=1S/C14H28N4O.HI/c1-5-15-13(17-14(2,3)4)16-9-8-12(19)18-10-6-7-11-18;/h5-11H2,1-4H3,(H2,15,16,17);1H. The van der Waals surface area contributed by atoms with Gasteiger partial charge in [-0.15, -0.1) is 24.0 Å². The van der Waals surface area contributed by atoms with E-state index < -0.39 is 0 Å². The second-order valence-corrected chi connectivity index (χ2v) is 5.97. The molecule has 6 heteroatoms. The first-order valence-corrected chi connectivity index (χ1v) is 7.26. The van der Waals surface area contributed by atoms with Crippen molar-refractivity contribution in [1.29, 1.82) is 0 Å². The highest BCUT2D eigenvalue weighted by Crippen LogP contribution is 2.08. The maximum atomic E-state index is 11.9. The van der Waals surface area contributed by atoms with Crippen LogP contribution in [0.4, 0.5) is 0 Å². The van der Waals surface area contributed by atoms with Gasteiger partial charge in [-0.1, -0.05) is 0 Å². The molecule has 0 atom stereocenters. The van der Waals surface area contributed by atoms with E-state index in [0.29, 0.717) is 13.0 Å². The molecule has 118 valence electrons. The van der Waals surface area contributed by atoms with Gasteiger partial charge in [-0.3, -0.25) is 9.79 Å². The van der Waals surface area contributed by atoms with E-state index in [0.717, 1.165) is 38.4 Å². The van der Waals surface area contributed by atoms with Gasteiger partial charge in [-0.25, -0.2) is 0 Å². The van der Waals surface area contributed by atoms with Crippen molar-refractivity contribution < 1.29 is 4.79 Å². The van der Waals surface area contributed by atoms with Gasteiger partial charge in [0, 0.05) is 31.6 Å². The molecule has 1 aliphatic heterocycles. The first-order valence-electron chi connectivity index (χ1n) is 7.26. The third-order valence-corrected chi connectivity index (χ3v) is 2.89. The quantitative estimate of drug-likeness (QED) is 0.434. The fraction of sp³-hybridized carbons (Fsp3) is 0.857. The lowest BCUT2D eigenvalue weighted by atomic mass is 10.1. The van der Waals surface area contributed by atoms with Crippen molar-refractivity contribution in [3.05, 3.63) is 0 Å². The monoisotopic (exact) mass is 396 g/mol. The van der Waals surface area contributed by atoms with Crippen molar-refractivity contribution in [2.24, 2.45) is 4.99 Å². The zero-order chi connectivity index (χ0) is 14.3. The summed E-state index contributed by atoms with van der Waals surface area (Å²) in [6.45, 7) is 11.5. The summed E-state index contributed by atoms with van der Waals surface area (Å²) in [6.07, 6.45) is 2.78. The number of hydrogen-bond acceptors (Lipinski definition) is 2. The molecule has 0 aromatic carbocycles. The first kappa shape index (κ1) is 19.5. The molecule has 2 N–H and O–H groups in total. The number of halogens is 1. The van der Waals surface area contributed by atoms with Gasteiger partial charge in [-0.2, -0.15) is 0 Å². The Labute approximate surface area is 140 Å². The summed E-state index contributed by atoms with van der Waals surface area (Å²) in [6, 6.07) is 0. The molecule has 1 rings (SSSR count). The average Bonchev–Trinajstić information content (AvgIpc) is 2.80. The van der Waals surface area contributed by atoms with Crippen LogP contribution in [0.1, 0.15) is 47.0 Å². The number of aliphatic imine (C=N–C) groups is 1. The summed E-state index contributed by atoms with van der Waals surface area (Å²) in [5, 5.41) is 6.51. The summed E-state index contributed by atoms with van der Waals surface area (Å²) >= 11 is 0. The summed E-state index contributed by atoms with van der Waals surface area (Å²) in [7, 11) is 0. The van der Waals surface area contributed by atoms with Gasteiger partial charge in [0.1, 0.15) is 0 Å². The van der Waals surface area contributed by atoms with Crippen LogP contribution in [0.15, 0.2) is 4.99 Å². The van der Waals surface area contributed by atoms with Crippen LogP contribution in [0.5, 0.6) is 0 Å². The van der Waals surface area contributed by atoms with Gasteiger partial charge in [-0.05, 0) is 40.5 Å². The molecule has 0 aromatic rings. The number of carbonyl (C=O) groups excluding carboxylic acids is 1. The Balaban J connectivity index is 0.00000361. The summed E-state index contributed by atoms with van der Waals surface area (Å²) < 4.78 is 0. The van der Waals surface area contributed by atoms with Crippen molar-refractivity contribution >= 4 is 35.8 Å². The Morgan fingerprint density at radius 2 is 1.85 bits per heavy atom. The number of carbonyl (C=O) groups is 1. The molecule has 0 bridgehead atoms. The highest BCUT2D eigenvalue weighted by atomic mass is 127. The van der Waals surface area contributed by atoms with E-state index in [2.05, 4.69) is 36.4 Å². The van der Waals surface area contributed by atoms with Crippen LogP contribution >= 0.6 is 24.0 Å². The van der Waals surface area contributed by atoms with Crippen molar-refractivity contribution in [1.82, 2.24) is 15.5 Å². The van der Waals surface area contributed by atoms with E-state index >= 15 is 0 Å². The number of rotatable bonds is 4. The molecule has 0 aliphatic carbocycles. The van der Waals surface area contributed by atoms with Gasteiger partial charge >= 0.3 is 0 Å². The van der Waals surface area contributed by atoms with E-state index in [9.17, 15) is 4.79 Å². The fourth-order valence-electron chi connectivity index (χ4n) is 2.05. The molecule has 1 amide bonds. The molecule has 20 heavy (non-hydrogen) atoms. The Hall–Kier alpha value is -0.530. The molecule has 0 unspecified atom stereocenters. The van der Waals surface area contributed by atoms with Gasteiger partial charge in [0.15, 0.2) is 5.96 Å². The second-order valence-electron chi connectivity index (χ2n) is 5.97. The van der Waals surface area contributed by atoms with Crippen LogP contribution in [-0.2, 0) is 4.79 Å². The van der Waals surface area contributed by atoms with E-state index in [1.165, 1.54) is 0 Å². The molecule has 1 heterocycles. The third kappa shape index (κ3) is 7.91. The molecular weight excluding hydrogens is 367 g/mol. The predicted molar refractivity (Wildman–Crippen MR) is 94.7 cm³/mol. The van der Waals surface area contributed by atoms with Crippen LogP contribution in [0, 0.1) is 0 Å². The van der Waals surface area contributed by atoms with Crippen molar-refractivity contribution in [3.63, 3.8) is 0 Å². The molecule has 5 nitrogen and oxygen atoms in total. The molecule has 0 spiro atoms. The van der Waals surface area contributed by atoms with Crippen LogP contribution in [0.25, 0.3) is 0 Å². The molecular formula is C14H29IN4O. The molecule has 0 aromatic heterocycles. The van der Waals surface area contributed by atoms with E-state index in [1.54, 1.807) is 0 Å². The largest absolute Gasteiger partial charge is 0.357 e. The van der Waals surface area contributed by atoms with E-state index in [1.807, 2.05) is 11.8 Å². The molecule has 1 aliphatic rings. The van der Waals surface area contributed by atoms with E-state index in [4.69, 9.17) is 0 Å². The maximum Gasteiger partial charge on any atom is 0.224 e. The first-order chi connectivity index (χ1) is 8.92. The highest BCUT2D eigenvalue weighted by molar-refractivity contribution is 14.0. The van der Waals surface area contributed by atoms with Gasteiger partial charge in [0.2, 0.25) is 5.91 Å².